The zero-order valence-electron chi connectivity index (χ0n) is 14.5. The first-order valence-electron chi connectivity index (χ1n) is 8.67. The van der Waals surface area contributed by atoms with Crippen LogP contribution in [0.5, 0.6) is 0 Å². The van der Waals surface area contributed by atoms with Gasteiger partial charge in [-0.2, -0.15) is 0 Å². The molecule has 0 aliphatic heterocycles. The van der Waals surface area contributed by atoms with Crippen LogP contribution < -0.4 is 5.32 Å². The highest BCUT2D eigenvalue weighted by molar-refractivity contribution is 5.94. The molecule has 1 aliphatic rings. The molecule has 3 aromatic rings. The van der Waals surface area contributed by atoms with Crippen molar-refractivity contribution in [1.29, 1.82) is 0 Å². The maximum atomic E-state index is 12.1. The maximum Gasteiger partial charge on any atom is 0.338 e. The van der Waals surface area contributed by atoms with Gasteiger partial charge in [0, 0.05) is 5.56 Å². The molecule has 0 atom stereocenters. The van der Waals surface area contributed by atoms with E-state index >= 15 is 0 Å². The molecule has 7 heteroatoms. The molecule has 136 valence electrons. The van der Waals surface area contributed by atoms with Crippen LogP contribution in [0.15, 0.2) is 52.9 Å². The summed E-state index contributed by atoms with van der Waals surface area (Å²) in [6, 6.07) is 14.7. The first-order valence-corrected chi connectivity index (χ1v) is 8.67. The second-order valence-electron chi connectivity index (χ2n) is 6.24. The first kappa shape index (κ1) is 17.0. The summed E-state index contributed by atoms with van der Waals surface area (Å²) in [4.78, 5) is 24.1. The topological polar surface area (TPSA) is 94.3 Å². The molecule has 7 nitrogen and oxygen atoms in total. The van der Waals surface area contributed by atoms with Crippen LogP contribution in [-0.4, -0.2) is 28.7 Å². The van der Waals surface area contributed by atoms with Gasteiger partial charge in [0.25, 0.3) is 5.91 Å². The van der Waals surface area contributed by atoms with E-state index < -0.39 is 18.5 Å². The number of aromatic nitrogens is 2. The lowest BCUT2D eigenvalue weighted by atomic mass is 10.1. The van der Waals surface area contributed by atoms with Crippen molar-refractivity contribution in [3.05, 3.63) is 65.2 Å². The summed E-state index contributed by atoms with van der Waals surface area (Å²) in [5.41, 5.74) is 3.64. The van der Waals surface area contributed by atoms with Gasteiger partial charge in [-0.25, -0.2) is 4.79 Å². The van der Waals surface area contributed by atoms with Crippen molar-refractivity contribution < 1.29 is 18.7 Å². The number of ether oxygens (including phenoxy) is 1. The first-order chi connectivity index (χ1) is 13.2. The minimum Gasteiger partial charge on any atom is -0.452 e. The lowest BCUT2D eigenvalue weighted by molar-refractivity contribution is -0.119. The van der Waals surface area contributed by atoms with Crippen LogP contribution in [0.1, 0.15) is 27.9 Å². The van der Waals surface area contributed by atoms with Crippen LogP contribution in [0.4, 0.5) is 6.01 Å². The zero-order chi connectivity index (χ0) is 18.6. The van der Waals surface area contributed by atoms with Crippen molar-refractivity contribution in [2.24, 2.45) is 0 Å². The summed E-state index contributed by atoms with van der Waals surface area (Å²) in [6.45, 7) is -0.432. The number of nitrogens with one attached hydrogen (secondary N) is 1. The summed E-state index contributed by atoms with van der Waals surface area (Å²) in [6.07, 6.45) is 3.12. The fourth-order valence-electron chi connectivity index (χ4n) is 3.04. The average Bonchev–Trinajstić information content (AvgIpc) is 3.35. The highest BCUT2D eigenvalue weighted by Crippen LogP contribution is 2.23. The standard InChI is InChI=1S/C20H17N3O4/c24-17(21-20-23-22-18(27-20)14-5-2-1-3-6-14)12-26-19(25)16-10-9-13-7-4-8-15(13)11-16/h1-3,5-6,9-11H,4,7-8,12H2,(H,21,23,24). The number of aryl methyl sites for hydroxylation is 2. The van der Waals surface area contributed by atoms with Crippen molar-refractivity contribution >= 4 is 17.9 Å². The van der Waals surface area contributed by atoms with Crippen LogP contribution in [-0.2, 0) is 22.4 Å². The number of esters is 1. The van der Waals surface area contributed by atoms with Crippen LogP contribution >= 0.6 is 0 Å². The molecule has 0 saturated heterocycles. The molecule has 0 spiro atoms. The number of fused-ring (bicyclic) bond motifs is 1. The monoisotopic (exact) mass is 363 g/mol. The van der Waals surface area contributed by atoms with Gasteiger partial charge < -0.3 is 9.15 Å². The third-order valence-electron chi connectivity index (χ3n) is 4.36. The lowest BCUT2D eigenvalue weighted by Crippen LogP contribution is -2.21. The van der Waals surface area contributed by atoms with E-state index in [0.717, 1.165) is 24.8 Å². The number of rotatable bonds is 5. The van der Waals surface area contributed by atoms with Crippen molar-refractivity contribution in [3.8, 4) is 11.5 Å². The van der Waals surface area contributed by atoms with E-state index in [9.17, 15) is 9.59 Å². The molecule has 1 aliphatic carbocycles. The molecule has 0 bridgehead atoms. The van der Waals surface area contributed by atoms with Gasteiger partial charge in [-0.05, 0) is 54.7 Å². The number of nitrogens with zero attached hydrogens (tertiary/aromatic N) is 2. The Morgan fingerprint density at radius 1 is 1.04 bits per heavy atom. The van der Waals surface area contributed by atoms with E-state index in [-0.39, 0.29) is 6.01 Å². The quantitative estimate of drug-likeness (QED) is 0.700. The molecule has 1 heterocycles. The molecular weight excluding hydrogens is 346 g/mol. The predicted molar refractivity (Wildman–Crippen MR) is 97.1 cm³/mol. The number of carbonyl (C=O) groups excluding carboxylic acids is 2. The van der Waals surface area contributed by atoms with Gasteiger partial charge >= 0.3 is 12.0 Å². The smallest absolute Gasteiger partial charge is 0.338 e. The molecule has 1 N–H and O–H groups in total. The Hall–Kier alpha value is -3.48. The van der Waals surface area contributed by atoms with E-state index in [2.05, 4.69) is 15.5 Å². The average molecular weight is 363 g/mol. The van der Waals surface area contributed by atoms with Crippen molar-refractivity contribution in [2.45, 2.75) is 19.3 Å². The summed E-state index contributed by atoms with van der Waals surface area (Å²) < 4.78 is 10.5. The molecule has 0 saturated carbocycles. The molecule has 4 rings (SSSR count). The predicted octanol–water partition coefficient (Wildman–Crippen LogP) is 3.02. The van der Waals surface area contributed by atoms with E-state index in [4.69, 9.17) is 9.15 Å². The number of anilines is 1. The van der Waals surface area contributed by atoms with Gasteiger partial charge in [0.15, 0.2) is 6.61 Å². The number of hydrogen-bond acceptors (Lipinski definition) is 6. The second kappa shape index (κ2) is 7.41. The van der Waals surface area contributed by atoms with Crippen LogP contribution in [0.3, 0.4) is 0 Å². The highest BCUT2D eigenvalue weighted by Gasteiger charge is 2.17. The Morgan fingerprint density at radius 3 is 2.70 bits per heavy atom. The summed E-state index contributed by atoms with van der Waals surface area (Å²) in [5, 5.41) is 10.1. The SMILES string of the molecule is O=C(COC(=O)c1ccc2c(c1)CCC2)Nc1nnc(-c2ccccc2)o1. The van der Waals surface area contributed by atoms with Gasteiger partial charge in [0.05, 0.1) is 5.56 Å². The zero-order valence-corrected chi connectivity index (χ0v) is 14.5. The van der Waals surface area contributed by atoms with Crippen LogP contribution in [0.25, 0.3) is 11.5 Å². The Morgan fingerprint density at radius 2 is 1.85 bits per heavy atom. The number of hydrogen-bond donors (Lipinski definition) is 1. The molecule has 0 radical (unpaired) electrons. The Labute approximate surface area is 155 Å². The van der Waals surface area contributed by atoms with Gasteiger partial charge in [-0.3, -0.25) is 10.1 Å². The normalized spacial score (nSPS) is 12.4. The van der Waals surface area contributed by atoms with Crippen molar-refractivity contribution in [3.63, 3.8) is 0 Å². The Kier molecular flexibility index (Phi) is 4.65. The van der Waals surface area contributed by atoms with Crippen LogP contribution in [0, 0.1) is 0 Å². The maximum absolute atomic E-state index is 12.1. The van der Waals surface area contributed by atoms with E-state index in [1.54, 1.807) is 6.07 Å². The molecule has 2 aromatic carbocycles. The molecule has 1 aromatic heterocycles. The minimum atomic E-state index is -0.548. The Bertz CT molecular complexity index is 982. The summed E-state index contributed by atoms with van der Waals surface area (Å²) >= 11 is 0. The minimum absolute atomic E-state index is 0.0487. The fourth-order valence-corrected chi connectivity index (χ4v) is 3.04. The van der Waals surface area contributed by atoms with Gasteiger partial charge in [-0.1, -0.05) is 29.4 Å². The van der Waals surface area contributed by atoms with E-state index in [1.807, 2.05) is 42.5 Å². The highest BCUT2D eigenvalue weighted by atomic mass is 16.5. The summed E-state index contributed by atoms with van der Waals surface area (Å²) in [5.74, 6) is -0.788. The van der Waals surface area contributed by atoms with E-state index in [0.29, 0.717) is 11.5 Å². The largest absolute Gasteiger partial charge is 0.452 e. The van der Waals surface area contributed by atoms with Crippen LogP contribution in [0.2, 0.25) is 0 Å². The molecular formula is C20H17N3O4. The van der Waals surface area contributed by atoms with Gasteiger partial charge in [0.1, 0.15) is 0 Å². The van der Waals surface area contributed by atoms with Crippen molar-refractivity contribution in [1.82, 2.24) is 10.2 Å². The summed E-state index contributed by atoms with van der Waals surface area (Å²) in [7, 11) is 0. The molecule has 0 fully saturated rings. The molecule has 0 unspecified atom stereocenters. The number of carbonyl (C=O) groups is 2. The van der Waals surface area contributed by atoms with Gasteiger partial charge in [-0.15, -0.1) is 5.10 Å². The van der Waals surface area contributed by atoms with Crippen molar-refractivity contribution in [2.75, 3.05) is 11.9 Å². The Balaban J connectivity index is 1.32. The molecule has 1 amide bonds. The third kappa shape index (κ3) is 3.87. The molecule has 27 heavy (non-hydrogen) atoms. The number of benzene rings is 2. The second-order valence-corrected chi connectivity index (χ2v) is 6.24. The lowest BCUT2D eigenvalue weighted by Gasteiger charge is -2.06. The van der Waals surface area contributed by atoms with Gasteiger partial charge in [0.2, 0.25) is 5.89 Å². The third-order valence-corrected chi connectivity index (χ3v) is 4.36. The number of amides is 1. The fraction of sp³-hybridized carbons (Fsp3) is 0.200. The van der Waals surface area contributed by atoms with E-state index in [1.165, 1.54) is 11.1 Å².